The van der Waals surface area contributed by atoms with E-state index in [1.165, 1.54) is 11.8 Å². The van der Waals surface area contributed by atoms with Crippen LogP contribution in [0.1, 0.15) is 13.8 Å². The average Bonchev–Trinajstić information content (AvgIpc) is 2.74. The molecule has 1 aliphatic heterocycles. The van der Waals surface area contributed by atoms with Crippen LogP contribution in [0.15, 0.2) is 17.1 Å². The van der Waals surface area contributed by atoms with Gasteiger partial charge in [0.15, 0.2) is 22.6 Å². The van der Waals surface area contributed by atoms with E-state index in [9.17, 15) is 13.2 Å². The fourth-order valence-corrected chi connectivity index (χ4v) is 2.74. The molecule has 2 rings (SSSR count). The number of nitrogens with one attached hydrogen (secondary N) is 1. The second-order valence-electron chi connectivity index (χ2n) is 4.44. The lowest BCUT2D eigenvalue weighted by Gasteiger charge is -2.08. The lowest BCUT2D eigenvalue weighted by Crippen LogP contribution is -2.12. The van der Waals surface area contributed by atoms with E-state index in [-0.39, 0.29) is 11.7 Å². The molecule has 18 heavy (non-hydrogen) atoms. The van der Waals surface area contributed by atoms with Crippen molar-refractivity contribution in [2.75, 3.05) is 11.1 Å². The number of hydrogen-bond donors (Lipinski definition) is 1. The first-order chi connectivity index (χ1) is 8.47. The third kappa shape index (κ3) is 2.80. The van der Waals surface area contributed by atoms with Crippen LogP contribution >= 0.6 is 11.8 Å². The summed E-state index contributed by atoms with van der Waals surface area (Å²) in [7, 11) is 0. The summed E-state index contributed by atoms with van der Waals surface area (Å²) in [5.74, 6) is -2.62. The fourth-order valence-electron chi connectivity index (χ4n) is 1.55. The van der Waals surface area contributed by atoms with Crippen molar-refractivity contribution in [1.82, 2.24) is 0 Å². The number of rotatable bonds is 2. The van der Waals surface area contributed by atoms with Gasteiger partial charge in [-0.25, -0.2) is 13.2 Å². The van der Waals surface area contributed by atoms with Gasteiger partial charge in [-0.2, -0.15) is 0 Å². The largest absolute Gasteiger partial charge is 0.335 e. The van der Waals surface area contributed by atoms with E-state index in [4.69, 9.17) is 0 Å². The van der Waals surface area contributed by atoms with Gasteiger partial charge in [0.1, 0.15) is 0 Å². The molecule has 0 unspecified atom stereocenters. The van der Waals surface area contributed by atoms with Crippen molar-refractivity contribution < 1.29 is 13.2 Å². The van der Waals surface area contributed by atoms with Crippen LogP contribution in [0.2, 0.25) is 0 Å². The van der Waals surface area contributed by atoms with Crippen LogP contribution in [-0.4, -0.2) is 17.0 Å². The van der Waals surface area contributed by atoms with Gasteiger partial charge in [0, 0.05) is 23.6 Å². The number of anilines is 1. The van der Waals surface area contributed by atoms with Gasteiger partial charge in [0.2, 0.25) is 0 Å². The van der Waals surface area contributed by atoms with Gasteiger partial charge in [-0.15, -0.1) is 0 Å². The zero-order valence-electron chi connectivity index (χ0n) is 10.0. The molecule has 1 aromatic carbocycles. The Morgan fingerprint density at radius 2 is 1.89 bits per heavy atom. The minimum Gasteiger partial charge on any atom is -0.335 e. The highest BCUT2D eigenvalue weighted by atomic mass is 32.2. The Bertz CT molecular complexity index is 465. The van der Waals surface area contributed by atoms with Gasteiger partial charge >= 0.3 is 0 Å². The molecule has 0 aliphatic carbocycles. The quantitative estimate of drug-likeness (QED) is 0.833. The second kappa shape index (κ2) is 5.22. The number of aliphatic imine (C=N–C) groups is 1. The predicted molar refractivity (Wildman–Crippen MR) is 68.5 cm³/mol. The molecule has 0 spiro atoms. The van der Waals surface area contributed by atoms with Crippen molar-refractivity contribution in [3.8, 4) is 0 Å². The number of halogens is 3. The molecule has 0 amide bonds. The van der Waals surface area contributed by atoms with Crippen LogP contribution in [0.25, 0.3) is 0 Å². The van der Waals surface area contributed by atoms with Crippen LogP contribution in [0, 0.1) is 23.4 Å². The van der Waals surface area contributed by atoms with Crippen molar-refractivity contribution in [1.29, 1.82) is 0 Å². The summed E-state index contributed by atoms with van der Waals surface area (Å²) < 4.78 is 38.8. The Labute approximate surface area is 108 Å². The van der Waals surface area contributed by atoms with E-state index in [2.05, 4.69) is 24.2 Å². The van der Waals surface area contributed by atoms with Crippen LogP contribution in [0.3, 0.4) is 0 Å². The smallest absolute Gasteiger partial charge is 0.194 e. The molecule has 1 heterocycles. The molecular formula is C12H13F3N2S. The van der Waals surface area contributed by atoms with Crippen molar-refractivity contribution in [2.45, 2.75) is 19.9 Å². The van der Waals surface area contributed by atoms with Gasteiger partial charge in [-0.05, 0) is 5.92 Å². The maximum atomic E-state index is 13.0. The maximum absolute atomic E-state index is 13.0. The number of amidine groups is 1. The van der Waals surface area contributed by atoms with Crippen molar-refractivity contribution in [3.05, 3.63) is 29.6 Å². The molecular weight excluding hydrogens is 261 g/mol. The molecule has 2 nitrogen and oxygen atoms in total. The van der Waals surface area contributed by atoms with Crippen molar-refractivity contribution >= 4 is 22.6 Å². The maximum Gasteiger partial charge on any atom is 0.194 e. The summed E-state index contributed by atoms with van der Waals surface area (Å²) in [5, 5.41) is 3.41. The molecule has 0 radical (unpaired) electrons. The summed E-state index contributed by atoms with van der Waals surface area (Å²) in [6.07, 6.45) is 0. The molecule has 1 aliphatic rings. The summed E-state index contributed by atoms with van der Waals surface area (Å²) in [5.41, 5.74) is 0.169. The monoisotopic (exact) mass is 274 g/mol. The molecule has 0 fully saturated rings. The predicted octanol–water partition coefficient (Wildman–Crippen LogP) is 3.64. The molecule has 0 saturated carbocycles. The Kier molecular flexibility index (Phi) is 3.85. The molecule has 1 aromatic rings. The summed E-state index contributed by atoms with van der Waals surface area (Å²) in [6, 6.07) is 2.04. The summed E-state index contributed by atoms with van der Waals surface area (Å²) >= 11 is 1.49. The Morgan fingerprint density at radius 1 is 1.28 bits per heavy atom. The molecule has 1 atom stereocenters. The number of nitrogens with zero attached hydrogens (tertiary/aromatic N) is 1. The van der Waals surface area contributed by atoms with Gasteiger partial charge < -0.3 is 5.32 Å². The highest BCUT2D eigenvalue weighted by Crippen LogP contribution is 2.25. The summed E-state index contributed by atoms with van der Waals surface area (Å²) in [6.45, 7) is 4.13. The minimum absolute atomic E-state index is 0.169. The molecule has 98 valence electrons. The third-order valence-corrected chi connectivity index (χ3v) is 3.67. The number of hydrogen-bond acceptors (Lipinski definition) is 3. The molecule has 0 saturated heterocycles. The molecule has 1 N–H and O–H groups in total. The summed E-state index contributed by atoms with van der Waals surface area (Å²) in [4.78, 5) is 4.39. The topological polar surface area (TPSA) is 24.4 Å². The van der Waals surface area contributed by atoms with E-state index in [0.717, 1.165) is 17.9 Å². The highest BCUT2D eigenvalue weighted by Gasteiger charge is 2.21. The fraction of sp³-hybridized carbons (Fsp3) is 0.417. The van der Waals surface area contributed by atoms with E-state index in [1.54, 1.807) is 0 Å². The van der Waals surface area contributed by atoms with Crippen LogP contribution in [0.5, 0.6) is 0 Å². The van der Waals surface area contributed by atoms with Gasteiger partial charge in [0.05, 0.1) is 6.04 Å². The van der Waals surface area contributed by atoms with Gasteiger partial charge in [-0.3, -0.25) is 4.99 Å². The second-order valence-corrected chi connectivity index (χ2v) is 5.44. The first kappa shape index (κ1) is 13.3. The Balaban J connectivity index is 2.13. The van der Waals surface area contributed by atoms with Crippen LogP contribution in [-0.2, 0) is 0 Å². The van der Waals surface area contributed by atoms with Gasteiger partial charge in [-0.1, -0.05) is 25.6 Å². The Morgan fingerprint density at radius 3 is 2.39 bits per heavy atom. The lowest BCUT2D eigenvalue weighted by molar-refractivity contribution is 0.448. The van der Waals surface area contributed by atoms with E-state index in [1.807, 2.05) is 0 Å². The minimum atomic E-state index is -1.46. The average molecular weight is 274 g/mol. The van der Waals surface area contributed by atoms with Crippen LogP contribution in [0.4, 0.5) is 18.9 Å². The van der Waals surface area contributed by atoms with E-state index in [0.29, 0.717) is 11.1 Å². The van der Waals surface area contributed by atoms with Crippen molar-refractivity contribution in [2.24, 2.45) is 10.9 Å². The SMILES string of the molecule is CC(C)[C@H]1CSC(Nc2cc(F)c(F)c(F)c2)=N1. The van der Waals surface area contributed by atoms with E-state index < -0.39 is 17.5 Å². The Hall–Kier alpha value is -1.17. The first-order valence-electron chi connectivity index (χ1n) is 5.59. The zero-order valence-corrected chi connectivity index (χ0v) is 10.8. The number of thioether (sulfide) groups is 1. The van der Waals surface area contributed by atoms with Crippen LogP contribution < -0.4 is 5.32 Å². The van der Waals surface area contributed by atoms with E-state index >= 15 is 0 Å². The lowest BCUT2D eigenvalue weighted by atomic mass is 10.1. The first-order valence-corrected chi connectivity index (χ1v) is 6.58. The molecule has 6 heteroatoms. The molecule has 0 aromatic heterocycles. The standard InChI is InChI=1S/C12H13F3N2S/c1-6(2)10-5-18-12(17-10)16-7-3-8(13)11(15)9(14)4-7/h3-4,6,10H,5H2,1-2H3,(H,16,17)/t10-/m1/s1. The molecule has 0 bridgehead atoms. The normalized spacial score (nSPS) is 19.2. The highest BCUT2D eigenvalue weighted by molar-refractivity contribution is 8.14. The number of benzene rings is 1. The van der Waals surface area contributed by atoms with Gasteiger partial charge in [0.25, 0.3) is 0 Å². The van der Waals surface area contributed by atoms with Crippen molar-refractivity contribution in [3.63, 3.8) is 0 Å². The third-order valence-electron chi connectivity index (χ3n) is 2.68. The zero-order chi connectivity index (χ0) is 13.3.